The first-order valence-electron chi connectivity index (χ1n) is 5.11. The lowest BCUT2D eigenvalue weighted by atomic mass is 10.3. The molecule has 102 valence electrons. The number of aromatic amines is 1. The molecule has 0 unspecified atom stereocenters. The quantitative estimate of drug-likeness (QED) is 0.726. The van der Waals surface area contributed by atoms with Crippen molar-refractivity contribution in [2.24, 2.45) is 0 Å². The standard InChI is InChI=1S/C10H10BrFN4O2S/c11-7-1-10(9(13)2-8(7)12)19(17,18)16-4-6-3-14-5-15-6/h1-3,5,16H,4,13H2,(H,14,15). The minimum Gasteiger partial charge on any atom is -0.398 e. The van der Waals surface area contributed by atoms with Crippen LogP contribution in [0.5, 0.6) is 0 Å². The first-order chi connectivity index (χ1) is 8.90. The lowest BCUT2D eigenvalue weighted by Crippen LogP contribution is -2.24. The van der Waals surface area contributed by atoms with Crippen LogP contribution in [0, 0.1) is 5.82 Å². The number of sulfonamides is 1. The van der Waals surface area contributed by atoms with Crippen LogP contribution in [0.3, 0.4) is 0 Å². The lowest BCUT2D eigenvalue weighted by molar-refractivity contribution is 0.580. The number of benzene rings is 1. The molecule has 0 fully saturated rings. The second-order valence-electron chi connectivity index (χ2n) is 3.71. The van der Waals surface area contributed by atoms with Crippen LogP contribution >= 0.6 is 15.9 Å². The van der Waals surface area contributed by atoms with Gasteiger partial charge in [0.05, 0.1) is 23.0 Å². The molecule has 2 rings (SSSR count). The van der Waals surface area contributed by atoms with Crippen molar-refractivity contribution < 1.29 is 12.8 Å². The van der Waals surface area contributed by atoms with Gasteiger partial charge in [0.1, 0.15) is 10.7 Å². The van der Waals surface area contributed by atoms with Gasteiger partial charge in [-0.3, -0.25) is 0 Å². The average Bonchev–Trinajstić information content (AvgIpc) is 2.84. The molecule has 1 aromatic carbocycles. The molecule has 2 aromatic rings. The van der Waals surface area contributed by atoms with E-state index in [0.29, 0.717) is 5.69 Å². The van der Waals surface area contributed by atoms with Crippen molar-refractivity contribution in [2.75, 3.05) is 5.73 Å². The Morgan fingerprint density at radius 1 is 1.47 bits per heavy atom. The summed E-state index contributed by atoms with van der Waals surface area (Å²) in [6.07, 6.45) is 2.93. The van der Waals surface area contributed by atoms with E-state index in [1.807, 2.05) is 0 Å². The Balaban J connectivity index is 2.27. The summed E-state index contributed by atoms with van der Waals surface area (Å²) in [7, 11) is -3.83. The minimum atomic E-state index is -3.83. The summed E-state index contributed by atoms with van der Waals surface area (Å²) >= 11 is 2.92. The van der Waals surface area contributed by atoms with E-state index in [0.717, 1.165) is 12.1 Å². The molecule has 1 heterocycles. The summed E-state index contributed by atoms with van der Waals surface area (Å²) < 4.78 is 39.7. The molecule has 0 saturated carbocycles. The molecule has 0 spiro atoms. The molecular formula is C10H10BrFN4O2S. The number of aromatic nitrogens is 2. The highest BCUT2D eigenvalue weighted by molar-refractivity contribution is 9.10. The van der Waals surface area contributed by atoms with Gasteiger partial charge in [-0.25, -0.2) is 22.5 Å². The molecule has 1 aromatic heterocycles. The summed E-state index contributed by atoms with van der Waals surface area (Å²) in [4.78, 5) is 6.34. The highest BCUT2D eigenvalue weighted by Gasteiger charge is 2.19. The lowest BCUT2D eigenvalue weighted by Gasteiger charge is -2.09. The molecule has 0 aliphatic carbocycles. The minimum absolute atomic E-state index is 0.0311. The number of halogens is 2. The summed E-state index contributed by atoms with van der Waals surface area (Å²) in [5.41, 5.74) is 5.97. The third kappa shape index (κ3) is 3.11. The predicted molar refractivity (Wildman–Crippen MR) is 71.1 cm³/mol. The van der Waals surface area contributed by atoms with Crippen molar-refractivity contribution >= 4 is 31.6 Å². The van der Waals surface area contributed by atoms with E-state index in [2.05, 4.69) is 30.6 Å². The molecule has 19 heavy (non-hydrogen) atoms. The summed E-state index contributed by atoms with van der Waals surface area (Å²) in [6.45, 7) is 0.0385. The van der Waals surface area contributed by atoms with Crippen LogP contribution in [0.15, 0.2) is 34.0 Å². The maximum absolute atomic E-state index is 13.2. The first-order valence-corrected chi connectivity index (χ1v) is 7.39. The fraction of sp³-hybridized carbons (Fsp3) is 0.100. The smallest absolute Gasteiger partial charge is 0.243 e. The Hall–Kier alpha value is -1.45. The SMILES string of the molecule is Nc1cc(F)c(Br)cc1S(=O)(=O)NCc1cnc[nH]1. The van der Waals surface area contributed by atoms with Gasteiger partial charge in [-0.05, 0) is 28.1 Å². The number of anilines is 1. The number of H-pyrrole nitrogens is 1. The molecule has 0 aliphatic heterocycles. The van der Waals surface area contributed by atoms with Crippen molar-refractivity contribution in [3.8, 4) is 0 Å². The number of nitrogens with zero attached hydrogens (tertiary/aromatic N) is 1. The third-order valence-corrected chi connectivity index (χ3v) is 4.41. The van der Waals surface area contributed by atoms with E-state index in [9.17, 15) is 12.8 Å². The largest absolute Gasteiger partial charge is 0.398 e. The number of nitrogens with two attached hydrogens (primary N) is 1. The van der Waals surface area contributed by atoms with E-state index in [1.165, 1.54) is 12.5 Å². The predicted octanol–water partition coefficient (Wildman–Crippen LogP) is 1.37. The number of hydrogen-bond donors (Lipinski definition) is 3. The molecule has 0 atom stereocenters. The van der Waals surface area contributed by atoms with E-state index in [4.69, 9.17) is 5.73 Å². The summed E-state index contributed by atoms with van der Waals surface area (Å²) in [6, 6.07) is 2.08. The molecular weight excluding hydrogens is 339 g/mol. The zero-order valence-electron chi connectivity index (χ0n) is 9.52. The third-order valence-electron chi connectivity index (χ3n) is 2.35. The van der Waals surface area contributed by atoms with Crippen molar-refractivity contribution in [3.63, 3.8) is 0 Å². The Labute approximate surface area is 117 Å². The van der Waals surface area contributed by atoms with E-state index >= 15 is 0 Å². The number of nitrogen functional groups attached to an aromatic ring is 1. The summed E-state index contributed by atoms with van der Waals surface area (Å²) in [5.74, 6) is -0.620. The number of hydrogen-bond acceptors (Lipinski definition) is 4. The van der Waals surface area contributed by atoms with Crippen LogP contribution in [-0.4, -0.2) is 18.4 Å². The molecule has 6 nitrogen and oxygen atoms in total. The van der Waals surface area contributed by atoms with Crippen LogP contribution in [0.4, 0.5) is 10.1 Å². The van der Waals surface area contributed by atoms with Gasteiger partial charge in [-0.1, -0.05) is 0 Å². The van der Waals surface area contributed by atoms with Crippen LogP contribution in [0.2, 0.25) is 0 Å². The Morgan fingerprint density at radius 3 is 2.84 bits per heavy atom. The van der Waals surface area contributed by atoms with Gasteiger partial charge >= 0.3 is 0 Å². The highest BCUT2D eigenvalue weighted by Crippen LogP contribution is 2.26. The van der Waals surface area contributed by atoms with Crippen LogP contribution in [0.25, 0.3) is 0 Å². The molecule has 4 N–H and O–H groups in total. The summed E-state index contributed by atoms with van der Waals surface area (Å²) in [5, 5.41) is 0. The van der Waals surface area contributed by atoms with E-state index < -0.39 is 15.8 Å². The zero-order valence-corrected chi connectivity index (χ0v) is 11.9. The number of rotatable bonds is 4. The molecule has 0 saturated heterocycles. The monoisotopic (exact) mass is 348 g/mol. The zero-order chi connectivity index (χ0) is 14.0. The number of nitrogens with one attached hydrogen (secondary N) is 2. The van der Waals surface area contributed by atoms with Gasteiger partial charge in [-0.2, -0.15) is 0 Å². The number of imidazole rings is 1. The topological polar surface area (TPSA) is 101 Å². The van der Waals surface area contributed by atoms with Gasteiger partial charge in [-0.15, -0.1) is 0 Å². The highest BCUT2D eigenvalue weighted by atomic mass is 79.9. The van der Waals surface area contributed by atoms with Crippen LogP contribution in [-0.2, 0) is 16.6 Å². The maximum Gasteiger partial charge on any atom is 0.243 e. The second kappa shape index (κ2) is 5.27. The molecule has 0 radical (unpaired) electrons. The molecule has 0 bridgehead atoms. The normalized spacial score (nSPS) is 11.7. The molecule has 9 heteroatoms. The van der Waals surface area contributed by atoms with Gasteiger partial charge in [0.2, 0.25) is 10.0 Å². The van der Waals surface area contributed by atoms with Gasteiger partial charge < -0.3 is 10.7 Å². The Kier molecular flexibility index (Phi) is 3.88. The second-order valence-corrected chi connectivity index (χ2v) is 6.30. The van der Waals surface area contributed by atoms with Crippen molar-refractivity contribution in [1.82, 2.24) is 14.7 Å². The Morgan fingerprint density at radius 2 is 2.21 bits per heavy atom. The van der Waals surface area contributed by atoms with E-state index in [1.54, 1.807) is 0 Å². The van der Waals surface area contributed by atoms with Crippen molar-refractivity contribution in [3.05, 3.63) is 40.6 Å². The average molecular weight is 349 g/mol. The van der Waals surface area contributed by atoms with Gasteiger partial charge in [0, 0.05) is 11.9 Å². The fourth-order valence-electron chi connectivity index (χ4n) is 1.41. The van der Waals surface area contributed by atoms with Gasteiger partial charge in [0.25, 0.3) is 0 Å². The molecule has 0 aliphatic rings. The maximum atomic E-state index is 13.2. The van der Waals surface area contributed by atoms with Gasteiger partial charge in [0.15, 0.2) is 0 Å². The first kappa shape index (κ1) is 14.0. The van der Waals surface area contributed by atoms with Crippen LogP contribution in [0.1, 0.15) is 5.69 Å². The molecule has 0 amide bonds. The van der Waals surface area contributed by atoms with Crippen molar-refractivity contribution in [2.45, 2.75) is 11.4 Å². The van der Waals surface area contributed by atoms with Crippen molar-refractivity contribution in [1.29, 1.82) is 0 Å². The van der Waals surface area contributed by atoms with Crippen LogP contribution < -0.4 is 10.5 Å². The Bertz CT molecular complexity index is 688. The van der Waals surface area contributed by atoms with E-state index in [-0.39, 0.29) is 21.6 Å². The fourth-order valence-corrected chi connectivity index (χ4v) is 3.05.